The highest BCUT2D eigenvalue weighted by molar-refractivity contribution is 5.83. The van der Waals surface area contributed by atoms with Crippen LogP contribution in [0.4, 0.5) is 0 Å². The molecule has 0 atom stereocenters. The Morgan fingerprint density at radius 1 is 1.23 bits per heavy atom. The third-order valence-electron chi connectivity index (χ3n) is 2.42. The highest BCUT2D eigenvalue weighted by Gasteiger charge is 2.16. The molecule has 1 aliphatic carbocycles. The topological polar surface area (TPSA) is 46.2 Å². The van der Waals surface area contributed by atoms with Crippen molar-refractivity contribution in [1.82, 2.24) is 5.32 Å². The number of Topliss-reactive ketones (excluding diaryl/α,β-unsaturated/α-hetero) is 1. The van der Waals surface area contributed by atoms with Crippen LogP contribution >= 0.6 is 0 Å². The summed E-state index contributed by atoms with van der Waals surface area (Å²) in [5.41, 5.74) is 0. The van der Waals surface area contributed by atoms with Crippen LogP contribution in [0.25, 0.3) is 0 Å². The molecule has 13 heavy (non-hydrogen) atoms. The molecule has 0 saturated heterocycles. The fourth-order valence-electron chi connectivity index (χ4n) is 1.66. The van der Waals surface area contributed by atoms with Crippen molar-refractivity contribution in [3.05, 3.63) is 0 Å². The van der Waals surface area contributed by atoms with Gasteiger partial charge in [0.25, 0.3) is 0 Å². The Bertz CT molecular complexity index is 195. The summed E-state index contributed by atoms with van der Waals surface area (Å²) in [6.07, 6.45) is 5.37. The van der Waals surface area contributed by atoms with Gasteiger partial charge in [0.1, 0.15) is 5.78 Å². The highest BCUT2D eigenvalue weighted by Crippen LogP contribution is 2.17. The average molecular weight is 183 g/mol. The highest BCUT2D eigenvalue weighted by atomic mass is 16.2. The normalized spacial score (nSPS) is 17.3. The lowest BCUT2D eigenvalue weighted by atomic mass is 10.2. The van der Waals surface area contributed by atoms with Crippen LogP contribution in [-0.2, 0) is 9.59 Å². The van der Waals surface area contributed by atoms with Gasteiger partial charge >= 0.3 is 0 Å². The summed E-state index contributed by atoms with van der Waals surface area (Å²) in [6.45, 7) is 1.52. The molecule has 3 heteroatoms. The van der Waals surface area contributed by atoms with Crippen molar-refractivity contribution >= 4 is 11.7 Å². The molecule has 0 aromatic rings. The SMILES string of the molecule is CC(=O)CCC(=O)NC1CCCC1. The number of hydrogen-bond donors (Lipinski definition) is 1. The lowest BCUT2D eigenvalue weighted by molar-refractivity contribution is -0.125. The molecule has 0 radical (unpaired) electrons. The minimum Gasteiger partial charge on any atom is -0.353 e. The Kier molecular flexibility index (Phi) is 3.93. The van der Waals surface area contributed by atoms with Gasteiger partial charge in [-0.3, -0.25) is 4.79 Å². The van der Waals surface area contributed by atoms with Gasteiger partial charge < -0.3 is 10.1 Å². The quantitative estimate of drug-likeness (QED) is 0.716. The fourth-order valence-corrected chi connectivity index (χ4v) is 1.66. The molecule has 74 valence electrons. The largest absolute Gasteiger partial charge is 0.353 e. The van der Waals surface area contributed by atoms with Gasteiger partial charge in [-0.15, -0.1) is 0 Å². The molecular weight excluding hydrogens is 166 g/mol. The molecule has 0 spiro atoms. The maximum atomic E-state index is 11.2. The van der Waals surface area contributed by atoms with E-state index in [-0.39, 0.29) is 11.7 Å². The molecule has 1 N–H and O–H groups in total. The first-order valence-corrected chi connectivity index (χ1v) is 4.97. The smallest absolute Gasteiger partial charge is 0.220 e. The van der Waals surface area contributed by atoms with E-state index < -0.39 is 0 Å². The standard InChI is InChI=1S/C10H17NO2/c1-8(12)6-7-10(13)11-9-4-2-3-5-9/h9H,2-7H2,1H3,(H,11,13). The van der Waals surface area contributed by atoms with Gasteiger partial charge in [0.15, 0.2) is 0 Å². The predicted octanol–water partition coefficient (Wildman–Crippen LogP) is 1.41. The minimum absolute atomic E-state index is 0.0297. The van der Waals surface area contributed by atoms with Crippen LogP contribution in [0.1, 0.15) is 45.4 Å². The molecule has 1 fully saturated rings. The Labute approximate surface area is 78.9 Å². The third kappa shape index (κ3) is 4.06. The molecule has 0 aromatic heterocycles. The van der Waals surface area contributed by atoms with E-state index >= 15 is 0 Å². The van der Waals surface area contributed by atoms with Gasteiger partial charge in [0.05, 0.1) is 0 Å². The zero-order valence-electron chi connectivity index (χ0n) is 8.14. The predicted molar refractivity (Wildman–Crippen MR) is 50.3 cm³/mol. The number of ketones is 1. The number of hydrogen-bond acceptors (Lipinski definition) is 2. The van der Waals surface area contributed by atoms with Crippen molar-refractivity contribution in [2.75, 3.05) is 0 Å². The van der Waals surface area contributed by atoms with Crippen molar-refractivity contribution < 1.29 is 9.59 Å². The van der Waals surface area contributed by atoms with Crippen molar-refractivity contribution in [2.24, 2.45) is 0 Å². The van der Waals surface area contributed by atoms with E-state index in [4.69, 9.17) is 0 Å². The number of nitrogens with one attached hydrogen (secondary N) is 1. The van der Waals surface area contributed by atoms with Gasteiger partial charge in [-0.1, -0.05) is 12.8 Å². The second kappa shape index (κ2) is 5.00. The summed E-state index contributed by atoms with van der Waals surface area (Å²) in [5, 5.41) is 2.94. The van der Waals surface area contributed by atoms with Gasteiger partial charge in [-0.2, -0.15) is 0 Å². The summed E-state index contributed by atoms with van der Waals surface area (Å²) >= 11 is 0. The molecule has 0 aliphatic heterocycles. The van der Waals surface area contributed by atoms with E-state index in [1.165, 1.54) is 19.8 Å². The molecule has 0 heterocycles. The monoisotopic (exact) mass is 183 g/mol. The van der Waals surface area contributed by atoms with Crippen LogP contribution in [0.5, 0.6) is 0 Å². The third-order valence-corrected chi connectivity index (χ3v) is 2.42. The van der Waals surface area contributed by atoms with Gasteiger partial charge in [-0.25, -0.2) is 0 Å². The molecular formula is C10H17NO2. The Hall–Kier alpha value is -0.860. The zero-order chi connectivity index (χ0) is 9.68. The van der Waals surface area contributed by atoms with E-state index in [0.29, 0.717) is 18.9 Å². The molecule has 1 amide bonds. The summed E-state index contributed by atoms with van der Waals surface area (Å²) in [7, 11) is 0. The number of amides is 1. The summed E-state index contributed by atoms with van der Waals surface area (Å²) in [6, 6.07) is 0.374. The minimum atomic E-state index is 0.0297. The van der Waals surface area contributed by atoms with Crippen LogP contribution in [-0.4, -0.2) is 17.7 Å². The average Bonchev–Trinajstić information content (AvgIpc) is 2.53. The number of carbonyl (C=O) groups is 2. The van der Waals surface area contributed by atoms with Crippen LogP contribution in [0.2, 0.25) is 0 Å². The maximum Gasteiger partial charge on any atom is 0.220 e. The first kappa shape index (κ1) is 10.2. The molecule has 0 unspecified atom stereocenters. The van der Waals surface area contributed by atoms with E-state index in [1.807, 2.05) is 0 Å². The van der Waals surface area contributed by atoms with Crippen molar-refractivity contribution in [2.45, 2.75) is 51.5 Å². The molecule has 1 aliphatic rings. The fraction of sp³-hybridized carbons (Fsp3) is 0.800. The van der Waals surface area contributed by atoms with Crippen LogP contribution in [0, 0.1) is 0 Å². The Morgan fingerprint density at radius 2 is 1.85 bits per heavy atom. The molecule has 1 rings (SSSR count). The molecule has 0 aromatic carbocycles. The summed E-state index contributed by atoms with van der Waals surface area (Å²) in [4.78, 5) is 21.8. The first-order valence-electron chi connectivity index (χ1n) is 4.97. The van der Waals surface area contributed by atoms with Crippen molar-refractivity contribution in [3.8, 4) is 0 Å². The lowest BCUT2D eigenvalue weighted by Crippen LogP contribution is -2.32. The van der Waals surface area contributed by atoms with Gasteiger partial charge in [0, 0.05) is 18.9 Å². The number of carbonyl (C=O) groups excluding carboxylic acids is 2. The van der Waals surface area contributed by atoms with Crippen molar-refractivity contribution in [1.29, 1.82) is 0 Å². The van der Waals surface area contributed by atoms with E-state index in [9.17, 15) is 9.59 Å². The maximum absolute atomic E-state index is 11.2. The second-order valence-electron chi connectivity index (χ2n) is 3.75. The van der Waals surface area contributed by atoms with E-state index in [1.54, 1.807) is 0 Å². The van der Waals surface area contributed by atoms with Gasteiger partial charge in [-0.05, 0) is 19.8 Å². The summed E-state index contributed by atoms with van der Waals surface area (Å²) in [5.74, 6) is 0.115. The first-order chi connectivity index (χ1) is 6.18. The zero-order valence-corrected chi connectivity index (χ0v) is 8.14. The Morgan fingerprint density at radius 3 is 2.38 bits per heavy atom. The molecule has 1 saturated carbocycles. The van der Waals surface area contributed by atoms with Crippen LogP contribution in [0.15, 0.2) is 0 Å². The lowest BCUT2D eigenvalue weighted by Gasteiger charge is -2.10. The number of rotatable bonds is 4. The second-order valence-corrected chi connectivity index (χ2v) is 3.75. The van der Waals surface area contributed by atoms with E-state index in [2.05, 4.69) is 5.32 Å². The van der Waals surface area contributed by atoms with Gasteiger partial charge in [0.2, 0.25) is 5.91 Å². The Balaban J connectivity index is 2.13. The molecule has 3 nitrogen and oxygen atoms in total. The van der Waals surface area contributed by atoms with E-state index in [0.717, 1.165) is 12.8 Å². The summed E-state index contributed by atoms with van der Waals surface area (Å²) < 4.78 is 0. The van der Waals surface area contributed by atoms with Crippen LogP contribution in [0.3, 0.4) is 0 Å². The van der Waals surface area contributed by atoms with Crippen LogP contribution < -0.4 is 5.32 Å². The molecule has 0 bridgehead atoms. The van der Waals surface area contributed by atoms with Crippen molar-refractivity contribution in [3.63, 3.8) is 0 Å².